The first kappa shape index (κ1) is 10.3. The van der Waals surface area contributed by atoms with E-state index in [1.165, 1.54) is 0 Å². The molecule has 0 aliphatic carbocycles. The van der Waals surface area contributed by atoms with Gasteiger partial charge in [0, 0.05) is 13.0 Å². The monoisotopic (exact) mass is 224 g/mol. The number of hydrogen-bond donors (Lipinski definition) is 1. The number of carbonyl (C=O) groups excluding carboxylic acids is 1. The van der Waals surface area contributed by atoms with Gasteiger partial charge in [-0.3, -0.25) is 4.79 Å². The van der Waals surface area contributed by atoms with Crippen molar-refractivity contribution in [1.82, 2.24) is 0 Å². The number of benzene rings is 1. The highest BCUT2D eigenvalue weighted by molar-refractivity contribution is 6.34. The molecule has 2 N–H and O–H groups in total. The average molecular weight is 225 g/mol. The van der Waals surface area contributed by atoms with E-state index in [1.807, 2.05) is 19.1 Å². The van der Waals surface area contributed by atoms with Crippen LogP contribution in [0.2, 0.25) is 5.02 Å². The summed E-state index contributed by atoms with van der Waals surface area (Å²) in [5.74, 6) is 0.104. The van der Waals surface area contributed by atoms with E-state index in [9.17, 15) is 4.79 Å². The summed E-state index contributed by atoms with van der Waals surface area (Å²) in [5, 5.41) is 0.558. The van der Waals surface area contributed by atoms with Crippen LogP contribution in [0.3, 0.4) is 0 Å². The fourth-order valence-corrected chi connectivity index (χ4v) is 2.31. The number of aryl methyl sites for hydroxylation is 1. The van der Waals surface area contributed by atoms with Crippen molar-refractivity contribution in [1.29, 1.82) is 0 Å². The van der Waals surface area contributed by atoms with Crippen molar-refractivity contribution in [3.8, 4) is 0 Å². The lowest BCUT2D eigenvalue weighted by molar-refractivity contribution is -0.117. The Balaban J connectivity index is 2.47. The van der Waals surface area contributed by atoms with Crippen LogP contribution in [-0.2, 0) is 4.79 Å². The van der Waals surface area contributed by atoms with E-state index in [2.05, 4.69) is 0 Å². The molecule has 0 aromatic heterocycles. The van der Waals surface area contributed by atoms with Gasteiger partial charge in [0.15, 0.2) is 0 Å². The molecule has 1 heterocycles. The number of nitrogen functional groups attached to an aromatic ring is 1. The molecule has 1 amide bonds. The number of amides is 1. The summed E-state index contributed by atoms with van der Waals surface area (Å²) >= 11 is 6.11. The average Bonchev–Trinajstić information content (AvgIpc) is 2.50. The second-order valence-corrected chi connectivity index (χ2v) is 4.24. The molecular weight excluding hydrogens is 212 g/mol. The van der Waals surface area contributed by atoms with Gasteiger partial charge in [-0.15, -0.1) is 0 Å². The number of nitrogens with two attached hydrogens (primary N) is 1. The number of rotatable bonds is 1. The van der Waals surface area contributed by atoms with Gasteiger partial charge in [-0.25, -0.2) is 0 Å². The molecule has 1 fully saturated rings. The Kier molecular flexibility index (Phi) is 2.57. The van der Waals surface area contributed by atoms with Gasteiger partial charge < -0.3 is 10.6 Å². The quantitative estimate of drug-likeness (QED) is 0.745. The first-order chi connectivity index (χ1) is 7.09. The molecule has 0 bridgehead atoms. The first-order valence-electron chi connectivity index (χ1n) is 4.95. The lowest BCUT2D eigenvalue weighted by atomic mass is 10.2. The van der Waals surface area contributed by atoms with Gasteiger partial charge in [-0.1, -0.05) is 11.6 Å². The zero-order valence-corrected chi connectivity index (χ0v) is 9.34. The summed E-state index contributed by atoms with van der Waals surface area (Å²) in [6.07, 6.45) is 1.46. The van der Waals surface area contributed by atoms with Crippen molar-refractivity contribution in [2.45, 2.75) is 19.8 Å². The molecule has 1 saturated heterocycles. The van der Waals surface area contributed by atoms with Crippen LogP contribution in [0.15, 0.2) is 12.1 Å². The Morgan fingerprint density at radius 2 is 2.20 bits per heavy atom. The van der Waals surface area contributed by atoms with E-state index in [0.29, 0.717) is 29.4 Å². The molecule has 3 nitrogen and oxygen atoms in total. The third-order valence-corrected chi connectivity index (χ3v) is 2.87. The van der Waals surface area contributed by atoms with Crippen LogP contribution in [0, 0.1) is 6.92 Å². The highest BCUT2D eigenvalue weighted by Crippen LogP contribution is 2.35. The molecule has 0 spiro atoms. The van der Waals surface area contributed by atoms with Crippen LogP contribution in [0.5, 0.6) is 0 Å². The summed E-state index contributed by atoms with van der Waals surface area (Å²) < 4.78 is 0. The van der Waals surface area contributed by atoms with Crippen LogP contribution in [0.1, 0.15) is 18.4 Å². The second-order valence-electron chi connectivity index (χ2n) is 3.83. The molecule has 4 heteroatoms. The van der Waals surface area contributed by atoms with Gasteiger partial charge >= 0.3 is 0 Å². The lowest BCUT2D eigenvalue weighted by Crippen LogP contribution is -2.25. The van der Waals surface area contributed by atoms with Crippen LogP contribution < -0.4 is 10.6 Å². The Bertz CT molecular complexity index is 394. The number of nitrogens with zero attached hydrogens (tertiary/aromatic N) is 1. The Hall–Kier alpha value is -1.22. The maximum Gasteiger partial charge on any atom is 0.227 e. The third kappa shape index (κ3) is 1.79. The smallest absolute Gasteiger partial charge is 0.227 e. The molecule has 1 aromatic carbocycles. The maximum atomic E-state index is 11.6. The summed E-state index contributed by atoms with van der Waals surface area (Å²) in [6.45, 7) is 2.64. The fourth-order valence-electron chi connectivity index (χ4n) is 1.93. The number of carbonyl (C=O) groups is 1. The topological polar surface area (TPSA) is 46.3 Å². The molecular formula is C11H13ClN2O. The molecule has 15 heavy (non-hydrogen) atoms. The van der Waals surface area contributed by atoms with E-state index < -0.39 is 0 Å². The Labute approximate surface area is 93.8 Å². The molecule has 0 saturated carbocycles. The summed E-state index contributed by atoms with van der Waals surface area (Å²) in [5.41, 5.74) is 8.14. The van der Waals surface area contributed by atoms with Gasteiger partial charge in [-0.2, -0.15) is 0 Å². The number of halogens is 1. The SMILES string of the molecule is Cc1cc(N)c(N2CCCC2=O)c(Cl)c1. The molecule has 1 aliphatic heterocycles. The normalized spacial score (nSPS) is 16.1. The highest BCUT2D eigenvalue weighted by atomic mass is 35.5. The van der Waals surface area contributed by atoms with Gasteiger partial charge in [-0.05, 0) is 31.0 Å². The zero-order chi connectivity index (χ0) is 11.0. The van der Waals surface area contributed by atoms with Gasteiger partial charge in [0.05, 0.1) is 16.4 Å². The van der Waals surface area contributed by atoms with E-state index in [0.717, 1.165) is 12.0 Å². The van der Waals surface area contributed by atoms with Crippen LogP contribution >= 0.6 is 11.6 Å². The number of anilines is 2. The first-order valence-corrected chi connectivity index (χ1v) is 5.33. The summed E-state index contributed by atoms with van der Waals surface area (Å²) in [7, 11) is 0. The predicted molar refractivity (Wildman–Crippen MR) is 62.2 cm³/mol. The summed E-state index contributed by atoms with van der Waals surface area (Å²) in [4.78, 5) is 13.3. The predicted octanol–water partition coefficient (Wildman–Crippen LogP) is 2.36. The van der Waals surface area contributed by atoms with E-state index in [4.69, 9.17) is 17.3 Å². The Morgan fingerprint density at radius 1 is 1.47 bits per heavy atom. The third-order valence-electron chi connectivity index (χ3n) is 2.58. The largest absolute Gasteiger partial charge is 0.397 e. The minimum absolute atomic E-state index is 0.104. The van der Waals surface area contributed by atoms with Crippen molar-refractivity contribution in [3.63, 3.8) is 0 Å². The second kappa shape index (κ2) is 3.74. The molecule has 0 radical (unpaired) electrons. The van der Waals surface area contributed by atoms with Crippen LogP contribution in [0.4, 0.5) is 11.4 Å². The molecule has 2 rings (SSSR count). The van der Waals surface area contributed by atoms with E-state index >= 15 is 0 Å². The summed E-state index contributed by atoms with van der Waals surface area (Å²) in [6, 6.07) is 3.67. The molecule has 0 unspecified atom stereocenters. The Morgan fingerprint density at radius 3 is 2.73 bits per heavy atom. The van der Waals surface area contributed by atoms with Crippen LogP contribution in [0.25, 0.3) is 0 Å². The van der Waals surface area contributed by atoms with Crippen molar-refractivity contribution < 1.29 is 4.79 Å². The van der Waals surface area contributed by atoms with Crippen molar-refractivity contribution in [2.75, 3.05) is 17.2 Å². The minimum Gasteiger partial charge on any atom is -0.397 e. The molecule has 1 aromatic rings. The molecule has 1 aliphatic rings. The van der Waals surface area contributed by atoms with E-state index in [-0.39, 0.29) is 5.91 Å². The zero-order valence-electron chi connectivity index (χ0n) is 8.59. The fraction of sp³-hybridized carbons (Fsp3) is 0.364. The van der Waals surface area contributed by atoms with Crippen molar-refractivity contribution in [3.05, 3.63) is 22.7 Å². The molecule has 80 valence electrons. The van der Waals surface area contributed by atoms with Gasteiger partial charge in [0.1, 0.15) is 0 Å². The van der Waals surface area contributed by atoms with Crippen molar-refractivity contribution >= 4 is 28.9 Å². The number of hydrogen-bond acceptors (Lipinski definition) is 2. The lowest BCUT2D eigenvalue weighted by Gasteiger charge is -2.19. The minimum atomic E-state index is 0.104. The van der Waals surface area contributed by atoms with Gasteiger partial charge in [0.2, 0.25) is 5.91 Å². The highest BCUT2D eigenvalue weighted by Gasteiger charge is 2.25. The van der Waals surface area contributed by atoms with Crippen LogP contribution in [-0.4, -0.2) is 12.5 Å². The van der Waals surface area contributed by atoms with Crippen molar-refractivity contribution in [2.24, 2.45) is 0 Å². The maximum absolute atomic E-state index is 11.6. The van der Waals surface area contributed by atoms with E-state index in [1.54, 1.807) is 4.90 Å². The van der Waals surface area contributed by atoms with Gasteiger partial charge in [0.25, 0.3) is 0 Å². The molecule has 0 atom stereocenters. The standard InChI is InChI=1S/C11H13ClN2O/c1-7-5-8(12)11(9(13)6-7)14-4-2-3-10(14)15/h5-6H,2-4,13H2,1H3.